The molecule has 1 aliphatic rings. The Morgan fingerprint density at radius 1 is 1.00 bits per heavy atom. The number of nitrogens with one attached hydrogen (secondary N) is 1. The predicted molar refractivity (Wildman–Crippen MR) is 135 cm³/mol. The zero-order valence-electron chi connectivity index (χ0n) is 18.4. The molecule has 0 aromatic heterocycles. The van der Waals surface area contributed by atoms with Crippen LogP contribution in [0, 0.1) is 0 Å². The summed E-state index contributed by atoms with van der Waals surface area (Å²) in [6.07, 6.45) is 3.54. The lowest BCUT2D eigenvalue weighted by molar-refractivity contribution is 0.104. The summed E-state index contributed by atoms with van der Waals surface area (Å²) in [6.45, 7) is 0.611. The van der Waals surface area contributed by atoms with Crippen LogP contribution in [0.3, 0.4) is 0 Å². The Balaban J connectivity index is 1.48. The highest BCUT2D eigenvalue weighted by Crippen LogP contribution is 2.26. The highest BCUT2D eigenvalue weighted by atomic mass is 35.5. The normalized spacial score (nSPS) is 15.5. The van der Waals surface area contributed by atoms with E-state index < -0.39 is 16.1 Å². The number of allylic oxidation sites excluding steroid dienone is 1. The van der Waals surface area contributed by atoms with Crippen molar-refractivity contribution in [2.45, 2.75) is 23.8 Å². The first-order valence-corrected chi connectivity index (χ1v) is 12.8. The van der Waals surface area contributed by atoms with Gasteiger partial charge in [-0.15, -0.1) is 0 Å². The van der Waals surface area contributed by atoms with Gasteiger partial charge in [-0.05, 0) is 66.9 Å². The van der Waals surface area contributed by atoms with E-state index in [2.05, 4.69) is 5.32 Å². The predicted octanol–water partition coefficient (Wildman–Crippen LogP) is 5.13. The molecule has 0 amide bonds. The summed E-state index contributed by atoms with van der Waals surface area (Å²) in [6, 6.07) is 20.9. The lowest BCUT2D eigenvalue weighted by atomic mass is 10.1. The Hall–Kier alpha value is -2.97. The van der Waals surface area contributed by atoms with Crippen LogP contribution in [0.5, 0.6) is 0 Å². The third-order valence-corrected chi connectivity index (χ3v) is 7.82. The number of carbonyl (C=O) groups is 1. The van der Waals surface area contributed by atoms with Gasteiger partial charge in [0.1, 0.15) is 0 Å². The molecule has 1 saturated heterocycles. The van der Waals surface area contributed by atoms with Gasteiger partial charge in [-0.3, -0.25) is 4.79 Å². The number of piperidine rings is 1. The first-order chi connectivity index (χ1) is 16.3. The molecule has 1 fully saturated rings. The second-order valence-corrected chi connectivity index (χ2v) is 10.5. The second-order valence-electron chi connectivity index (χ2n) is 8.08. The van der Waals surface area contributed by atoms with E-state index in [1.807, 2.05) is 30.3 Å². The Kier molecular flexibility index (Phi) is 7.48. The number of benzene rings is 3. The molecule has 0 atom stereocenters. The van der Waals surface area contributed by atoms with Crippen molar-refractivity contribution < 1.29 is 18.3 Å². The van der Waals surface area contributed by atoms with Crippen molar-refractivity contribution in [3.8, 4) is 0 Å². The Morgan fingerprint density at radius 2 is 1.68 bits per heavy atom. The largest absolute Gasteiger partial charge is 0.393 e. The number of para-hydroxylation sites is 1. The number of sulfonamides is 1. The van der Waals surface area contributed by atoms with Gasteiger partial charge >= 0.3 is 0 Å². The van der Waals surface area contributed by atoms with Crippen LogP contribution >= 0.6 is 11.6 Å². The number of ketones is 1. The maximum atomic E-state index is 12.9. The van der Waals surface area contributed by atoms with Crippen LogP contribution in [-0.4, -0.2) is 42.8 Å². The molecule has 0 spiro atoms. The first-order valence-electron chi connectivity index (χ1n) is 11.0. The van der Waals surface area contributed by atoms with Gasteiger partial charge in [0.25, 0.3) is 0 Å². The average Bonchev–Trinajstić information content (AvgIpc) is 2.84. The van der Waals surface area contributed by atoms with Crippen LogP contribution in [-0.2, 0) is 10.0 Å². The molecule has 0 aliphatic carbocycles. The van der Waals surface area contributed by atoms with E-state index in [-0.39, 0.29) is 10.7 Å². The van der Waals surface area contributed by atoms with Crippen molar-refractivity contribution in [2.24, 2.45) is 0 Å². The van der Waals surface area contributed by atoms with E-state index >= 15 is 0 Å². The fourth-order valence-corrected chi connectivity index (χ4v) is 5.40. The number of rotatable bonds is 7. The van der Waals surface area contributed by atoms with Crippen molar-refractivity contribution in [2.75, 3.05) is 18.4 Å². The summed E-state index contributed by atoms with van der Waals surface area (Å²) in [4.78, 5) is 13.1. The van der Waals surface area contributed by atoms with E-state index in [1.54, 1.807) is 36.4 Å². The molecule has 0 bridgehead atoms. The molecule has 1 aliphatic heterocycles. The third-order valence-electron chi connectivity index (χ3n) is 5.67. The van der Waals surface area contributed by atoms with Crippen molar-refractivity contribution in [3.05, 3.63) is 95.0 Å². The quantitative estimate of drug-likeness (QED) is 0.350. The summed E-state index contributed by atoms with van der Waals surface area (Å²) >= 11 is 6.14. The number of halogens is 1. The van der Waals surface area contributed by atoms with Gasteiger partial charge in [0, 0.05) is 29.4 Å². The Morgan fingerprint density at radius 3 is 2.35 bits per heavy atom. The average molecular weight is 497 g/mol. The van der Waals surface area contributed by atoms with Gasteiger partial charge in [-0.2, -0.15) is 4.31 Å². The summed E-state index contributed by atoms with van der Waals surface area (Å²) in [5, 5.41) is 13.4. The van der Waals surface area contributed by atoms with Gasteiger partial charge < -0.3 is 10.4 Å². The SMILES string of the molecule is O=C(C=Cc1ccc(S(=O)(=O)N2CCC(O)CC2)cc1)c1ccc(Cl)cc1Nc1ccccc1. The van der Waals surface area contributed by atoms with Crippen LogP contribution in [0.15, 0.2) is 83.8 Å². The summed E-state index contributed by atoms with van der Waals surface area (Å²) < 4.78 is 27.1. The van der Waals surface area contributed by atoms with Gasteiger partial charge in [-0.25, -0.2) is 8.42 Å². The van der Waals surface area contributed by atoms with E-state index in [1.165, 1.54) is 22.5 Å². The van der Waals surface area contributed by atoms with Crippen molar-refractivity contribution >= 4 is 44.9 Å². The molecule has 34 heavy (non-hydrogen) atoms. The molecule has 6 nitrogen and oxygen atoms in total. The minimum Gasteiger partial charge on any atom is -0.393 e. The maximum absolute atomic E-state index is 12.9. The fraction of sp³-hybridized carbons (Fsp3) is 0.192. The number of nitrogens with zero attached hydrogens (tertiary/aromatic N) is 1. The minimum absolute atomic E-state index is 0.194. The van der Waals surface area contributed by atoms with E-state index in [9.17, 15) is 18.3 Å². The number of aliphatic hydroxyl groups is 1. The number of carbonyl (C=O) groups excluding carboxylic acids is 1. The van der Waals surface area contributed by atoms with Crippen molar-refractivity contribution in [3.63, 3.8) is 0 Å². The van der Waals surface area contributed by atoms with Crippen LogP contribution in [0.1, 0.15) is 28.8 Å². The summed E-state index contributed by atoms with van der Waals surface area (Å²) in [7, 11) is -3.61. The van der Waals surface area contributed by atoms with Gasteiger partial charge in [0.05, 0.1) is 16.7 Å². The molecular weight excluding hydrogens is 472 g/mol. The van der Waals surface area contributed by atoms with E-state index in [4.69, 9.17) is 11.6 Å². The number of hydrogen-bond donors (Lipinski definition) is 2. The molecular formula is C26H25ClN2O4S. The van der Waals surface area contributed by atoms with Crippen LogP contribution in [0.25, 0.3) is 6.08 Å². The molecule has 176 valence electrons. The molecule has 1 heterocycles. The minimum atomic E-state index is -3.61. The molecule has 3 aromatic carbocycles. The van der Waals surface area contributed by atoms with E-state index in [0.29, 0.717) is 47.8 Å². The topological polar surface area (TPSA) is 86.7 Å². The zero-order chi connectivity index (χ0) is 24.1. The number of aliphatic hydroxyl groups excluding tert-OH is 1. The molecule has 8 heteroatoms. The van der Waals surface area contributed by atoms with Gasteiger partial charge in [0.2, 0.25) is 10.0 Å². The monoisotopic (exact) mass is 496 g/mol. The number of hydrogen-bond acceptors (Lipinski definition) is 5. The lowest BCUT2D eigenvalue weighted by Gasteiger charge is -2.28. The lowest BCUT2D eigenvalue weighted by Crippen LogP contribution is -2.39. The van der Waals surface area contributed by atoms with Crippen molar-refractivity contribution in [1.29, 1.82) is 0 Å². The molecule has 0 radical (unpaired) electrons. The van der Waals surface area contributed by atoms with Crippen LogP contribution < -0.4 is 5.32 Å². The Labute approximate surface area is 204 Å². The molecule has 0 saturated carbocycles. The number of anilines is 2. The maximum Gasteiger partial charge on any atom is 0.243 e. The fourth-order valence-electron chi connectivity index (χ4n) is 3.76. The smallest absolute Gasteiger partial charge is 0.243 e. The third kappa shape index (κ3) is 5.74. The molecule has 2 N–H and O–H groups in total. The van der Waals surface area contributed by atoms with Gasteiger partial charge in [-0.1, -0.05) is 48.0 Å². The van der Waals surface area contributed by atoms with Crippen LogP contribution in [0.4, 0.5) is 11.4 Å². The van der Waals surface area contributed by atoms with E-state index in [0.717, 1.165) is 5.69 Å². The zero-order valence-corrected chi connectivity index (χ0v) is 20.0. The summed E-state index contributed by atoms with van der Waals surface area (Å²) in [5.74, 6) is -0.210. The van der Waals surface area contributed by atoms with Crippen molar-refractivity contribution in [1.82, 2.24) is 4.31 Å². The summed E-state index contributed by atoms with van der Waals surface area (Å²) in [5.41, 5.74) is 2.60. The highest BCUT2D eigenvalue weighted by molar-refractivity contribution is 7.89. The first kappa shape index (κ1) is 24.2. The molecule has 0 unspecified atom stereocenters. The highest BCUT2D eigenvalue weighted by Gasteiger charge is 2.28. The standard InChI is InChI=1S/C26H25ClN2O4S/c27-20-9-12-24(25(18-20)28-21-4-2-1-3-5-21)26(31)13-8-19-6-10-23(11-7-19)34(32,33)29-16-14-22(30)15-17-29/h1-13,18,22,28,30H,14-17H2. The molecule has 3 aromatic rings. The second kappa shape index (κ2) is 10.5. The van der Waals surface area contributed by atoms with Crippen LogP contribution in [0.2, 0.25) is 5.02 Å². The van der Waals surface area contributed by atoms with Gasteiger partial charge in [0.15, 0.2) is 5.78 Å². The molecule has 4 rings (SSSR count). The Bertz CT molecular complexity index is 1280.